The molecule has 0 bridgehead atoms. The Morgan fingerprint density at radius 2 is 1.59 bits per heavy atom. The lowest BCUT2D eigenvalue weighted by atomic mass is 10.2. The van der Waals surface area contributed by atoms with Crippen molar-refractivity contribution in [1.82, 2.24) is 25.8 Å². The number of nitrogens with one attached hydrogen (secondary N) is 3. The van der Waals surface area contributed by atoms with Gasteiger partial charge in [0.25, 0.3) is 0 Å². The highest BCUT2D eigenvalue weighted by Gasteiger charge is 2.27. The number of nitrogens with zero attached hydrogens (tertiary/aromatic N) is 2. The van der Waals surface area contributed by atoms with Gasteiger partial charge in [-0.05, 0) is 25.8 Å². The van der Waals surface area contributed by atoms with Crippen LogP contribution in [0.4, 0.5) is 0 Å². The van der Waals surface area contributed by atoms with Gasteiger partial charge < -0.3 is 25.8 Å². The summed E-state index contributed by atoms with van der Waals surface area (Å²) >= 11 is 0. The third kappa shape index (κ3) is 8.49. The van der Waals surface area contributed by atoms with Gasteiger partial charge in [-0.3, -0.25) is 24.0 Å². The Kier molecular flexibility index (Phi) is 10.5. The quantitative estimate of drug-likeness (QED) is 0.575. The number of carbonyl (C=O) groups excluding carboxylic acids is 5. The van der Waals surface area contributed by atoms with Gasteiger partial charge in [-0.2, -0.15) is 0 Å². The van der Waals surface area contributed by atoms with Crippen molar-refractivity contribution in [3.8, 4) is 0 Å². The Morgan fingerprint density at radius 3 is 2.26 bits per heavy atom. The van der Waals surface area contributed by atoms with E-state index in [0.29, 0.717) is 6.42 Å². The van der Waals surface area contributed by atoms with Crippen LogP contribution >= 0.6 is 0 Å². The number of benzene rings is 1. The molecule has 186 valence electrons. The minimum atomic E-state index is -0.823. The van der Waals surface area contributed by atoms with Crippen molar-refractivity contribution >= 4 is 29.5 Å². The highest BCUT2D eigenvalue weighted by molar-refractivity contribution is 5.91. The summed E-state index contributed by atoms with van der Waals surface area (Å²) in [5, 5.41) is 7.87. The average molecular weight is 474 g/mol. The third-order valence-corrected chi connectivity index (χ3v) is 5.74. The second-order valence-electron chi connectivity index (χ2n) is 8.44. The summed E-state index contributed by atoms with van der Waals surface area (Å²) in [6, 6.07) is 8.25. The Morgan fingerprint density at radius 1 is 0.912 bits per heavy atom. The van der Waals surface area contributed by atoms with Crippen LogP contribution in [0.1, 0.15) is 45.6 Å². The molecule has 1 fully saturated rings. The zero-order valence-electron chi connectivity index (χ0n) is 20.1. The van der Waals surface area contributed by atoms with Crippen LogP contribution in [0, 0.1) is 0 Å². The van der Waals surface area contributed by atoms with Crippen LogP contribution in [0.3, 0.4) is 0 Å². The lowest BCUT2D eigenvalue weighted by molar-refractivity contribution is -0.144. The molecule has 1 heterocycles. The van der Waals surface area contributed by atoms with Crippen LogP contribution < -0.4 is 16.0 Å². The van der Waals surface area contributed by atoms with Gasteiger partial charge in [0.15, 0.2) is 0 Å². The summed E-state index contributed by atoms with van der Waals surface area (Å²) in [6.45, 7) is 5.32. The van der Waals surface area contributed by atoms with E-state index in [9.17, 15) is 24.0 Å². The van der Waals surface area contributed by atoms with E-state index < -0.39 is 17.9 Å². The number of hydrogen-bond donors (Lipinski definition) is 3. The second kappa shape index (κ2) is 13.3. The molecule has 0 radical (unpaired) electrons. The molecule has 0 aromatic heterocycles. The Bertz CT molecular complexity index is 876. The number of carbonyl (C=O) groups is 5. The summed E-state index contributed by atoms with van der Waals surface area (Å²) in [4.78, 5) is 66.0. The van der Waals surface area contributed by atoms with Crippen molar-refractivity contribution in [2.75, 3.05) is 26.2 Å². The normalized spacial score (nSPS) is 20.8. The average Bonchev–Trinajstić information content (AvgIpc) is 2.81. The predicted octanol–water partition coefficient (Wildman–Crippen LogP) is 0.173. The number of rotatable bonds is 4. The van der Waals surface area contributed by atoms with Crippen LogP contribution in [0.15, 0.2) is 30.3 Å². The maximum atomic E-state index is 13.3. The van der Waals surface area contributed by atoms with E-state index in [1.54, 1.807) is 0 Å². The maximum absolute atomic E-state index is 13.3. The van der Waals surface area contributed by atoms with Gasteiger partial charge in [0.1, 0.15) is 12.6 Å². The minimum Gasteiger partial charge on any atom is -0.356 e. The molecule has 1 aliphatic heterocycles. The summed E-state index contributed by atoms with van der Waals surface area (Å²) in [5.41, 5.74) is 0.866. The van der Waals surface area contributed by atoms with Crippen molar-refractivity contribution in [1.29, 1.82) is 0 Å². The SMILES string of the molecule is CCC(C)N1CC(=O)N[C@@H](C)C(=O)NCCC(=O)NCCC(=O)N(Cc2ccccc2)CC1=O. The largest absolute Gasteiger partial charge is 0.356 e. The molecule has 0 spiro atoms. The fraction of sp³-hybridized carbons (Fsp3) is 0.542. The smallest absolute Gasteiger partial charge is 0.242 e. The standard InChI is InChI=1S/C24H35N5O5/c1-4-17(2)29-15-21(31)27-18(3)24(34)26-12-10-20(30)25-13-11-22(32)28(16-23(29)33)14-19-8-6-5-7-9-19/h5-9,17-18H,4,10-16H2,1-3H3,(H,25,30)(H,26,34)(H,27,31)/t17?,18-/m0/s1. The molecular formula is C24H35N5O5. The molecule has 2 rings (SSSR count). The molecule has 1 saturated heterocycles. The third-order valence-electron chi connectivity index (χ3n) is 5.74. The highest BCUT2D eigenvalue weighted by atomic mass is 16.2. The Hall–Kier alpha value is -3.43. The molecule has 1 aliphatic rings. The van der Waals surface area contributed by atoms with Crippen LogP contribution in [0.5, 0.6) is 0 Å². The fourth-order valence-electron chi connectivity index (χ4n) is 3.52. The van der Waals surface area contributed by atoms with Gasteiger partial charge in [0.05, 0.1) is 6.54 Å². The van der Waals surface area contributed by atoms with Crippen LogP contribution in [-0.2, 0) is 30.5 Å². The molecule has 1 aromatic carbocycles. The Balaban J connectivity index is 2.27. The molecule has 0 saturated carbocycles. The van der Waals surface area contributed by atoms with E-state index in [0.717, 1.165) is 5.56 Å². The highest BCUT2D eigenvalue weighted by Crippen LogP contribution is 2.10. The number of hydrogen-bond acceptors (Lipinski definition) is 5. The molecule has 2 atom stereocenters. The summed E-state index contributed by atoms with van der Waals surface area (Å²) < 4.78 is 0. The van der Waals surface area contributed by atoms with Crippen molar-refractivity contribution in [2.24, 2.45) is 0 Å². The molecule has 0 aliphatic carbocycles. The van der Waals surface area contributed by atoms with Gasteiger partial charge in [0, 0.05) is 38.5 Å². The lowest BCUT2D eigenvalue weighted by Crippen LogP contribution is -2.52. The van der Waals surface area contributed by atoms with Gasteiger partial charge in [-0.1, -0.05) is 37.3 Å². The summed E-state index contributed by atoms with van der Waals surface area (Å²) in [7, 11) is 0. The number of amides is 5. The van der Waals surface area contributed by atoms with E-state index in [1.165, 1.54) is 16.7 Å². The molecule has 3 N–H and O–H groups in total. The fourth-order valence-corrected chi connectivity index (χ4v) is 3.52. The first-order valence-electron chi connectivity index (χ1n) is 11.7. The van der Waals surface area contributed by atoms with E-state index in [2.05, 4.69) is 16.0 Å². The van der Waals surface area contributed by atoms with Crippen LogP contribution in [0.25, 0.3) is 0 Å². The first-order chi connectivity index (χ1) is 16.2. The van der Waals surface area contributed by atoms with Crippen molar-refractivity contribution in [2.45, 2.75) is 58.7 Å². The van der Waals surface area contributed by atoms with Crippen molar-refractivity contribution in [3.05, 3.63) is 35.9 Å². The summed E-state index contributed by atoms with van der Waals surface area (Å²) in [5.74, 6) is -1.84. The topological polar surface area (TPSA) is 128 Å². The lowest BCUT2D eigenvalue weighted by Gasteiger charge is -2.31. The maximum Gasteiger partial charge on any atom is 0.242 e. The minimum absolute atomic E-state index is 0.0268. The Labute approximate surface area is 200 Å². The molecule has 10 nitrogen and oxygen atoms in total. The molecular weight excluding hydrogens is 438 g/mol. The van der Waals surface area contributed by atoms with E-state index >= 15 is 0 Å². The monoisotopic (exact) mass is 473 g/mol. The van der Waals surface area contributed by atoms with Gasteiger partial charge in [-0.25, -0.2) is 0 Å². The second-order valence-corrected chi connectivity index (χ2v) is 8.44. The van der Waals surface area contributed by atoms with Gasteiger partial charge in [-0.15, -0.1) is 0 Å². The molecule has 10 heteroatoms. The van der Waals surface area contributed by atoms with Gasteiger partial charge >= 0.3 is 0 Å². The van der Waals surface area contributed by atoms with E-state index in [-0.39, 0.29) is 69.3 Å². The zero-order chi connectivity index (χ0) is 25.1. The molecule has 1 aromatic rings. The summed E-state index contributed by atoms with van der Waals surface area (Å²) in [6.07, 6.45) is 0.696. The van der Waals surface area contributed by atoms with Crippen molar-refractivity contribution in [3.63, 3.8) is 0 Å². The van der Waals surface area contributed by atoms with Crippen LogP contribution in [-0.4, -0.2) is 77.6 Å². The molecule has 5 amide bonds. The zero-order valence-corrected chi connectivity index (χ0v) is 20.1. The van der Waals surface area contributed by atoms with Crippen molar-refractivity contribution < 1.29 is 24.0 Å². The first kappa shape index (κ1) is 26.8. The van der Waals surface area contributed by atoms with E-state index in [1.807, 2.05) is 44.2 Å². The first-order valence-corrected chi connectivity index (χ1v) is 11.7. The predicted molar refractivity (Wildman–Crippen MR) is 126 cm³/mol. The van der Waals surface area contributed by atoms with Gasteiger partial charge in [0.2, 0.25) is 29.5 Å². The molecule has 1 unspecified atom stereocenters. The van der Waals surface area contributed by atoms with E-state index in [4.69, 9.17) is 0 Å². The van der Waals surface area contributed by atoms with Crippen LogP contribution in [0.2, 0.25) is 0 Å². The molecule has 34 heavy (non-hydrogen) atoms.